The van der Waals surface area contributed by atoms with Gasteiger partial charge in [0.2, 0.25) is 5.78 Å². The number of rotatable bonds is 5. The summed E-state index contributed by atoms with van der Waals surface area (Å²) in [5, 5.41) is 10.4. The van der Waals surface area contributed by atoms with Crippen molar-refractivity contribution in [1.82, 2.24) is 28.5 Å². The van der Waals surface area contributed by atoms with Crippen LogP contribution in [0.15, 0.2) is 83.0 Å². The highest BCUT2D eigenvalue weighted by molar-refractivity contribution is 7.98. The van der Waals surface area contributed by atoms with Crippen LogP contribution in [0.4, 0.5) is 0 Å². The highest BCUT2D eigenvalue weighted by Crippen LogP contribution is 2.28. The van der Waals surface area contributed by atoms with E-state index < -0.39 is 0 Å². The number of fused-ring (bicyclic) bond motifs is 4. The third-order valence-corrected chi connectivity index (χ3v) is 7.23. The Morgan fingerprint density at radius 2 is 1.77 bits per heavy atom. The molecule has 0 N–H and O–H groups in total. The first-order valence-corrected chi connectivity index (χ1v) is 12.6. The minimum Gasteiger partial charge on any atom is -0.307 e. The standard InChI is InChI=1S/C27H24N6OS/c1-17(2)20-10-4-6-12-22(20)32-25(34)21-11-5-7-13-23(21)33-26(32)29-30-27(33)35-16-19-15-31-14-8-9-18(3)24(31)28-19/h4-15,17H,16H2,1-3H3. The van der Waals surface area contributed by atoms with Gasteiger partial charge in [-0.1, -0.05) is 62.0 Å². The molecule has 0 radical (unpaired) electrons. The maximum absolute atomic E-state index is 13.7. The van der Waals surface area contributed by atoms with E-state index in [1.807, 2.05) is 69.7 Å². The molecule has 0 atom stereocenters. The predicted molar refractivity (Wildman–Crippen MR) is 140 cm³/mol. The van der Waals surface area contributed by atoms with Gasteiger partial charge in [-0.3, -0.25) is 9.20 Å². The van der Waals surface area contributed by atoms with Crippen molar-refractivity contribution in [2.75, 3.05) is 0 Å². The zero-order valence-corrected chi connectivity index (χ0v) is 20.5. The minimum absolute atomic E-state index is 0.0963. The minimum atomic E-state index is -0.0963. The lowest BCUT2D eigenvalue weighted by molar-refractivity contribution is 0.837. The molecule has 0 unspecified atom stereocenters. The van der Waals surface area contributed by atoms with Crippen molar-refractivity contribution in [3.8, 4) is 5.69 Å². The average molecular weight is 481 g/mol. The number of aryl methyl sites for hydroxylation is 1. The molecule has 174 valence electrons. The molecule has 0 aliphatic heterocycles. The molecular formula is C27H24N6OS. The van der Waals surface area contributed by atoms with Gasteiger partial charge >= 0.3 is 0 Å². The molecule has 4 heterocycles. The van der Waals surface area contributed by atoms with E-state index in [0.717, 1.165) is 38.8 Å². The van der Waals surface area contributed by atoms with E-state index in [0.29, 0.717) is 16.9 Å². The Morgan fingerprint density at radius 1 is 0.971 bits per heavy atom. The molecule has 0 bridgehead atoms. The average Bonchev–Trinajstić information content (AvgIpc) is 3.48. The van der Waals surface area contributed by atoms with Gasteiger partial charge in [-0.05, 0) is 48.2 Å². The smallest absolute Gasteiger partial charge is 0.267 e. The SMILES string of the molecule is Cc1cccn2cc(CSc3nnc4n(-c5ccccc5C(C)C)c(=O)c5ccccc5n34)nc12. The molecule has 35 heavy (non-hydrogen) atoms. The van der Waals surface area contributed by atoms with Crippen molar-refractivity contribution < 1.29 is 0 Å². The lowest BCUT2D eigenvalue weighted by Crippen LogP contribution is -2.23. The van der Waals surface area contributed by atoms with Gasteiger partial charge < -0.3 is 4.40 Å². The molecule has 6 aromatic rings. The zero-order chi connectivity index (χ0) is 24.1. The normalized spacial score (nSPS) is 11.9. The molecular weight excluding hydrogens is 456 g/mol. The van der Waals surface area contributed by atoms with E-state index in [2.05, 4.69) is 43.1 Å². The molecule has 0 spiro atoms. The Bertz CT molecular complexity index is 1780. The largest absolute Gasteiger partial charge is 0.307 e. The van der Waals surface area contributed by atoms with Crippen LogP contribution in [0, 0.1) is 6.92 Å². The Morgan fingerprint density at radius 3 is 2.60 bits per heavy atom. The molecule has 0 fully saturated rings. The van der Waals surface area contributed by atoms with Gasteiger partial charge in [0.1, 0.15) is 5.65 Å². The molecule has 4 aromatic heterocycles. The van der Waals surface area contributed by atoms with Gasteiger partial charge in [0.15, 0.2) is 5.16 Å². The van der Waals surface area contributed by atoms with Gasteiger partial charge in [-0.2, -0.15) is 0 Å². The summed E-state index contributed by atoms with van der Waals surface area (Å²) >= 11 is 1.56. The molecule has 2 aromatic carbocycles. The molecule has 0 saturated carbocycles. The Hall–Kier alpha value is -3.91. The summed E-state index contributed by atoms with van der Waals surface area (Å²) < 4.78 is 5.73. The maximum atomic E-state index is 13.7. The van der Waals surface area contributed by atoms with E-state index in [1.165, 1.54) is 0 Å². The quantitative estimate of drug-likeness (QED) is 0.309. The van der Waals surface area contributed by atoms with Crippen LogP contribution >= 0.6 is 11.8 Å². The first-order chi connectivity index (χ1) is 17.0. The number of nitrogens with zero attached hydrogens (tertiary/aromatic N) is 6. The third-order valence-electron chi connectivity index (χ3n) is 6.27. The summed E-state index contributed by atoms with van der Waals surface area (Å²) in [6.45, 7) is 6.32. The van der Waals surface area contributed by atoms with E-state index in [-0.39, 0.29) is 11.5 Å². The van der Waals surface area contributed by atoms with Crippen molar-refractivity contribution in [2.24, 2.45) is 0 Å². The monoisotopic (exact) mass is 480 g/mol. The predicted octanol–water partition coefficient (Wildman–Crippen LogP) is 5.41. The third kappa shape index (κ3) is 3.52. The zero-order valence-electron chi connectivity index (χ0n) is 19.7. The van der Waals surface area contributed by atoms with Crippen LogP contribution in [0.25, 0.3) is 28.0 Å². The highest BCUT2D eigenvalue weighted by Gasteiger charge is 2.20. The van der Waals surface area contributed by atoms with Gasteiger partial charge in [-0.15, -0.1) is 10.2 Å². The number of aromatic nitrogens is 6. The fourth-order valence-electron chi connectivity index (χ4n) is 4.58. The van der Waals surface area contributed by atoms with Gasteiger partial charge in [0.25, 0.3) is 5.56 Å². The number of benzene rings is 2. The second-order valence-corrected chi connectivity index (χ2v) is 9.87. The van der Waals surface area contributed by atoms with Crippen LogP contribution < -0.4 is 5.56 Å². The molecule has 0 amide bonds. The Kier molecular flexibility index (Phi) is 5.18. The first-order valence-electron chi connectivity index (χ1n) is 11.6. The molecule has 0 saturated heterocycles. The van der Waals surface area contributed by atoms with Gasteiger partial charge in [-0.25, -0.2) is 9.55 Å². The summed E-state index contributed by atoms with van der Waals surface area (Å²) in [5.41, 5.74) is 5.68. The fourth-order valence-corrected chi connectivity index (χ4v) is 5.40. The van der Waals surface area contributed by atoms with Crippen LogP contribution in [0.5, 0.6) is 0 Å². The summed E-state index contributed by atoms with van der Waals surface area (Å²) in [7, 11) is 0. The number of hydrogen-bond donors (Lipinski definition) is 0. The number of imidazole rings is 1. The first kappa shape index (κ1) is 21.6. The van der Waals surface area contributed by atoms with Crippen molar-refractivity contribution >= 4 is 34.1 Å². The van der Waals surface area contributed by atoms with Crippen molar-refractivity contribution in [2.45, 2.75) is 37.6 Å². The van der Waals surface area contributed by atoms with E-state index in [9.17, 15) is 4.79 Å². The summed E-state index contributed by atoms with van der Waals surface area (Å²) in [4.78, 5) is 18.5. The molecule has 0 aliphatic rings. The highest BCUT2D eigenvalue weighted by atomic mass is 32.2. The molecule has 8 heteroatoms. The molecule has 0 aliphatic carbocycles. The van der Waals surface area contributed by atoms with E-state index in [4.69, 9.17) is 4.98 Å². The van der Waals surface area contributed by atoms with Crippen LogP contribution in [0.1, 0.15) is 36.6 Å². The fraction of sp³-hybridized carbons (Fsp3) is 0.185. The van der Waals surface area contributed by atoms with E-state index >= 15 is 0 Å². The number of pyridine rings is 1. The van der Waals surface area contributed by atoms with Crippen molar-refractivity contribution in [3.63, 3.8) is 0 Å². The van der Waals surface area contributed by atoms with Crippen LogP contribution in [-0.2, 0) is 5.75 Å². The van der Waals surface area contributed by atoms with Gasteiger partial charge in [0.05, 0.1) is 22.3 Å². The Balaban J connectivity index is 1.52. The summed E-state index contributed by atoms with van der Waals surface area (Å²) in [5.74, 6) is 1.40. The van der Waals surface area contributed by atoms with Crippen LogP contribution in [0.2, 0.25) is 0 Å². The number of para-hydroxylation sites is 2. The van der Waals surface area contributed by atoms with Crippen LogP contribution in [0.3, 0.4) is 0 Å². The molecule has 6 rings (SSSR count). The Labute approximate surface area is 206 Å². The van der Waals surface area contributed by atoms with Crippen molar-refractivity contribution in [1.29, 1.82) is 0 Å². The summed E-state index contributed by atoms with van der Waals surface area (Å²) in [6.07, 6.45) is 4.06. The second-order valence-electron chi connectivity index (χ2n) is 8.93. The topological polar surface area (TPSA) is 69.5 Å². The number of hydrogen-bond acceptors (Lipinski definition) is 5. The maximum Gasteiger partial charge on any atom is 0.267 e. The summed E-state index contributed by atoms with van der Waals surface area (Å²) in [6, 6.07) is 19.7. The molecule has 7 nitrogen and oxygen atoms in total. The lowest BCUT2D eigenvalue weighted by atomic mass is 10.0. The van der Waals surface area contributed by atoms with Crippen LogP contribution in [-0.4, -0.2) is 28.5 Å². The lowest BCUT2D eigenvalue weighted by Gasteiger charge is -2.16. The number of thioether (sulfide) groups is 1. The van der Waals surface area contributed by atoms with Gasteiger partial charge in [0, 0.05) is 18.1 Å². The van der Waals surface area contributed by atoms with E-state index in [1.54, 1.807) is 16.3 Å². The van der Waals surface area contributed by atoms with Crippen molar-refractivity contribution in [3.05, 3.63) is 100 Å². The second kappa shape index (κ2) is 8.39.